The van der Waals surface area contributed by atoms with Crippen molar-refractivity contribution in [1.82, 2.24) is 0 Å². The van der Waals surface area contributed by atoms with Crippen LogP contribution in [0.5, 0.6) is 0 Å². The van der Waals surface area contributed by atoms with E-state index in [4.69, 9.17) is 5.11 Å². The maximum atomic E-state index is 12.2. The number of anilines is 1. The zero-order chi connectivity index (χ0) is 14.6. The predicted molar refractivity (Wildman–Crippen MR) is 75.0 cm³/mol. The molecule has 0 fully saturated rings. The van der Waals surface area contributed by atoms with Gasteiger partial charge in [0.25, 0.3) is 10.0 Å². The average Bonchev–Trinajstić information content (AvgIpc) is 2.41. The fourth-order valence-corrected chi connectivity index (χ4v) is 2.86. The highest BCUT2D eigenvalue weighted by Crippen LogP contribution is 2.20. The summed E-state index contributed by atoms with van der Waals surface area (Å²) in [5, 5.41) is 8.83. The molecule has 0 bridgehead atoms. The number of carboxylic acids is 1. The summed E-state index contributed by atoms with van der Waals surface area (Å²) in [6.45, 7) is 0. The van der Waals surface area contributed by atoms with Gasteiger partial charge in [-0.2, -0.15) is 0 Å². The Hall–Kier alpha value is -2.34. The van der Waals surface area contributed by atoms with E-state index >= 15 is 0 Å². The minimum atomic E-state index is -3.71. The van der Waals surface area contributed by atoms with Crippen molar-refractivity contribution in [3.63, 3.8) is 0 Å². The van der Waals surface area contributed by atoms with Gasteiger partial charge < -0.3 is 5.11 Å². The Labute approximate surface area is 116 Å². The smallest absolute Gasteiger partial charge is 0.307 e. The second-order valence-corrected chi connectivity index (χ2v) is 5.83. The lowest BCUT2D eigenvalue weighted by molar-refractivity contribution is -0.136. The summed E-state index contributed by atoms with van der Waals surface area (Å²) in [5.74, 6) is -1.02. The molecular weight excluding hydrogens is 278 g/mol. The van der Waals surface area contributed by atoms with E-state index in [1.54, 1.807) is 42.5 Å². The van der Waals surface area contributed by atoms with Crippen molar-refractivity contribution >= 4 is 21.7 Å². The summed E-state index contributed by atoms with van der Waals surface area (Å²) in [6, 6.07) is 14.3. The minimum Gasteiger partial charge on any atom is -0.481 e. The van der Waals surface area contributed by atoms with Gasteiger partial charge in [-0.1, -0.05) is 36.4 Å². The molecule has 0 unspecified atom stereocenters. The molecule has 0 aliphatic rings. The number of benzene rings is 2. The Morgan fingerprint density at radius 3 is 2.25 bits per heavy atom. The van der Waals surface area contributed by atoms with Crippen LogP contribution >= 0.6 is 0 Å². The summed E-state index contributed by atoms with van der Waals surface area (Å²) in [7, 11) is -3.71. The van der Waals surface area contributed by atoms with Crippen LogP contribution in [0.1, 0.15) is 5.56 Å². The number of carbonyl (C=O) groups is 1. The molecule has 0 aliphatic heterocycles. The normalized spacial score (nSPS) is 11.0. The van der Waals surface area contributed by atoms with Crippen molar-refractivity contribution in [1.29, 1.82) is 0 Å². The van der Waals surface area contributed by atoms with Crippen molar-refractivity contribution in [3.05, 3.63) is 60.2 Å². The Morgan fingerprint density at radius 2 is 1.60 bits per heavy atom. The van der Waals surface area contributed by atoms with E-state index in [9.17, 15) is 13.2 Å². The molecule has 0 saturated carbocycles. The number of carboxylic acid groups (broad SMARTS) is 1. The number of aliphatic carboxylic acids is 1. The first kappa shape index (κ1) is 14.1. The number of para-hydroxylation sites is 1. The van der Waals surface area contributed by atoms with Crippen LogP contribution < -0.4 is 4.72 Å². The second-order valence-electron chi connectivity index (χ2n) is 4.15. The predicted octanol–water partition coefficient (Wildman–Crippen LogP) is 2.11. The number of rotatable bonds is 5. The lowest BCUT2D eigenvalue weighted by Gasteiger charge is -2.11. The van der Waals surface area contributed by atoms with Crippen LogP contribution in [0, 0.1) is 0 Å². The van der Waals surface area contributed by atoms with E-state index in [1.165, 1.54) is 12.1 Å². The van der Waals surface area contributed by atoms with Gasteiger partial charge in [-0.05, 0) is 23.8 Å². The van der Waals surface area contributed by atoms with Gasteiger partial charge >= 0.3 is 5.97 Å². The fraction of sp³-hybridized carbons (Fsp3) is 0.0714. The van der Waals surface area contributed by atoms with Crippen LogP contribution in [0.4, 0.5) is 5.69 Å². The molecule has 0 saturated heterocycles. The summed E-state index contributed by atoms with van der Waals surface area (Å²) in [5.41, 5.74) is 0.693. The third-order valence-corrected chi connectivity index (χ3v) is 4.04. The molecule has 0 spiro atoms. The second kappa shape index (κ2) is 5.75. The molecule has 2 aromatic rings. The maximum absolute atomic E-state index is 12.2. The van der Waals surface area contributed by atoms with Crippen molar-refractivity contribution in [2.75, 3.05) is 4.72 Å². The molecular formula is C14H13NO4S. The first-order valence-electron chi connectivity index (χ1n) is 5.86. The first-order chi connectivity index (χ1) is 9.49. The molecule has 0 aromatic heterocycles. The summed E-state index contributed by atoms with van der Waals surface area (Å²) < 4.78 is 26.8. The van der Waals surface area contributed by atoms with Crippen molar-refractivity contribution in [2.45, 2.75) is 11.3 Å². The molecule has 2 aromatic carbocycles. The van der Waals surface area contributed by atoms with E-state index in [1.807, 2.05) is 0 Å². The Bertz CT molecular complexity index is 711. The lowest BCUT2D eigenvalue weighted by Crippen LogP contribution is -2.15. The molecule has 0 radical (unpaired) electrons. The zero-order valence-electron chi connectivity index (χ0n) is 10.5. The molecule has 2 rings (SSSR count). The summed E-state index contributed by atoms with van der Waals surface area (Å²) in [4.78, 5) is 10.9. The van der Waals surface area contributed by atoms with E-state index < -0.39 is 16.0 Å². The number of sulfonamides is 1. The number of nitrogens with one attached hydrogen (secondary N) is 1. The van der Waals surface area contributed by atoms with Crippen LogP contribution in [0.3, 0.4) is 0 Å². The average molecular weight is 291 g/mol. The van der Waals surface area contributed by atoms with Crippen LogP contribution in [0.2, 0.25) is 0 Å². The third-order valence-electron chi connectivity index (χ3n) is 2.66. The van der Waals surface area contributed by atoms with Crippen LogP contribution in [-0.4, -0.2) is 19.5 Å². The zero-order valence-corrected chi connectivity index (χ0v) is 11.3. The third kappa shape index (κ3) is 3.36. The van der Waals surface area contributed by atoms with Crippen LogP contribution in [-0.2, 0) is 21.2 Å². The molecule has 104 valence electrons. The SMILES string of the molecule is O=C(O)Cc1ccccc1NS(=O)(=O)c1ccccc1. The topological polar surface area (TPSA) is 83.5 Å². The Balaban J connectivity index is 2.33. The molecule has 0 atom stereocenters. The largest absolute Gasteiger partial charge is 0.481 e. The Kier molecular flexibility index (Phi) is 4.05. The van der Waals surface area contributed by atoms with Gasteiger partial charge in [0.2, 0.25) is 0 Å². The van der Waals surface area contributed by atoms with Crippen molar-refractivity contribution in [2.24, 2.45) is 0 Å². The highest BCUT2D eigenvalue weighted by Gasteiger charge is 2.16. The molecule has 0 heterocycles. The van der Waals surface area contributed by atoms with Crippen molar-refractivity contribution in [3.8, 4) is 0 Å². The van der Waals surface area contributed by atoms with Gasteiger partial charge in [0, 0.05) is 0 Å². The molecule has 5 nitrogen and oxygen atoms in total. The molecule has 20 heavy (non-hydrogen) atoms. The van der Waals surface area contributed by atoms with Gasteiger partial charge in [0.05, 0.1) is 17.0 Å². The van der Waals surface area contributed by atoms with Gasteiger partial charge in [-0.15, -0.1) is 0 Å². The number of hydrogen-bond donors (Lipinski definition) is 2. The standard InChI is InChI=1S/C14H13NO4S/c16-14(17)10-11-6-4-5-9-13(11)15-20(18,19)12-7-2-1-3-8-12/h1-9,15H,10H2,(H,16,17). The fourth-order valence-electron chi connectivity index (χ4n) is 1.74. The molecule has 2 N–H and O–H groups in total. The van der Waals surface area contributed by atoms with Gasteiger partial charge in [0.15, 0.2) is 0 Å². The first-order valence-corrected chi connectivity index (χ1v) is 7.35. The monoisotopic (exact) mass is 291 g/mol. The number of hydrogen-bond acceptors (Lipinski definition) is 3. The highest BCUT2D eigenvalue weighted by atomic mass is 32.2. The quantitative estimate of drug-likeness (QED) is 0.883. The summed E-state index contributed by atoms with van der Waals surface area (Å²) >= 11 is 0. The molecule has 6 heteroatoms. The summed E-state index contributed by atoms with van der Waals surface area (Å²) in [6.07, 6.45) is -0.243. The van der Waals surface area contributed by atoms with E-state index in [-0.39, 0.29) is 17.0 Å². The van der Waals surface area contributed by atoms with E-state index in [2.05, 4.69) is 4.72 Å². The Morgan fingerprint density at radius 1 is 1.00 bits per heavy atom. The van der Waals surface area contributed by atoms with Crippen LogP contribution in [0.25, 0.3) is 0 Å². The lowest BCUT2D eigenvalue weighted by atomic mass is 10.1. The van der Waals surface area contributed by atoms with E-state index in [0.29, 0.717) is 5.56 Å². The van der Waals surface area contributed by atoms with Gasteiger partial charge in [0.1, 0.15) is 0 Å². The minimum absolute atomic E-state index is 0.130. The van der Waals surface area contributed by atoms with Gasteiger partial charge in [-0.25, -0.2) is 8.42 Å². The molecule has 0 amide bonds. The van der Waals surface area contributed by atoms with Crippen molar-refractivity contribution < 1.29 is 18.3 Å². The maximum Gasteiger partial charge on any atom is 0.307 e. The van der Waals surface area contributed by atoms with E-state index in [0.717, 1.165) is 0 Å². The highest BCUT2D eigenvalue weighted by molar-refractivity contribution is 7.92. The van der Waals surface area contributed by atoms with Crippen LogP contribution in [0.15, 0.2) is 59.5 Å². The molecule has 0 aliphatic carbocycles. The van der Waals surface area contributed by atoms with Gasteiger partial charge in [-0.3, -0.25) is 9.52 Å².